The van der Waals surface area contributed by atoms with Crippen LogP contribution in [0.25, 0.3) is 5.65 Å². The van der Waals surface area contributed by atoms with E-state index in [2.05, 4.69) is 41.0 Å². The molecule has 0 aliphatic carbocycles. The molecule has 0 atom stereocenters. The second kappa shape index (κ2) is 4.92. The van der Waals surface area contributed by atoms with Crippen molar-refractivity contribution >= 4 is 5.65 Å². The quantitative estimate of drug-likeness (QED) is 0.731. The van der Waals surface area contributed by atoms with Gasteiger partial charge in [-0.2, -0.15) is 5.10 Å². The van der Waals surface area contributed by atoms with Crippen LogP contribution in [0.15, 0.2) is 36.9 Å². The van der Waals surface area contributed by atoms with E-state index in [-0.39, 0.29) is 0 Å². The number of aryl methyl sites for hydroxylation is 1. The molecule has 0 unspecified atom stereocenters. The minimum atomic E-state index is 0.508. The highest BCUT2D eigenvalue weighted by molar-refractivity contribution is 5.43. The smallest absolute Gasteiger partial charge is 0.224 e. The lowest BCUT2D eigenvalue weighted by molar-refractivity contribution is 0.457. The Morgan fingerprint density at radius 2 is 2.00 bits per heavy atom. The summed E-state index contributed by atoms with van der Waals surface area (Å²) in [4.78, 5) is 8.32. The molecule has 20 heavy (non-hydrogen) atoms. The molecule has 0 bridgehead atoms. The Kier molecular flexibility index (Phi) is 3.10. The first kappa shape index (κ1) is 12.6. The molecule has 5 heteroatoms. The van der Waals surface area contributed by atoms with Crippen LogP contribution in [0.3, 0.4) is 0 Å². The largest absolute Gasteiger partial charge is 0.439 e. The molecule has 0 N–H and O–H groups in total. The van der Waals surface area contributed by atoms with Gasteiger partial charge in [0.05, 0.1) is 0 Å². The molecule has 3 aromatic rings. The average molecular weight is 268 g/mol. The number of benzene rings is 1. The van der Waals surface area contributed by atoms with Crippen molar-refractivity contribution in [2.24, 2.45) is 0 Å². The van der Waals surface area contributed by atoms with Gasteiger partial charge in [0.1, 0.15) is 18.4 Å². The molecule has 2 heterocycles. The molecule has 0 radical (unpaired) electrons. The highest BCUT2D eigenvalue weighted by atomic mass is 16.5. The summed E-state index contributed by atoms with van der Waals surface area (Å²) in [6.07, 6.45) is 3.08. The highest BCUT2D eigenvalue weighted by Gasteiger charge is 2.07. The summed E-state index contributed by atoms with van der Waals surface area (Å²) in [6, 6.07) is 7.99. The van der Waals surface area contributed by atoms with E-state index in [0.29, 0.717) is 17.4 Å². The summed E-state index contributed by atoms with van der Waals surface area (Å²) in [5, 5.41) is 4.00. The minimum absolute atomic E-state index is 0.508. The maximum Gasteiger partial charge on any atom is 0.224 e. The molecule has 3 rings (SSSR count). The molecule has 0 saturated heterocycles. The van der Waals surface area contributed by atoms with E-state index in [0.717, 1.165) is 11.3 Å². The second-order valence-electron chi connectivity index (χ2n) is 5.07. The Morgan fingerprint density at radius 3 is 2.75 bits per heavy atom. The van der Waals surface area contributed by atoms with Gasteiger partial charge in [0.15, 0.2) is 5.65 Å². The molecule has 0 aliphatic heterocycles. The van der Waals surface area contributed by atoms with Crippen LogP contribution in [0.1, 0.15) is 30.9 Å². The summed E-state index contributed by atoms with van der Waals surface area (Å²) < 4.78 is 7.43. The van der Waals surface area contributed by atoms with E-state index >= 15 is 0 Å². The minimum Gasteiger partial charge on any atom is -0.439 e. The van der Waals surface area contributed by atoms with E-state index in [1.165, 1.54) is 11.9 Å². The van der Waals surface area contributed by atoms with Crippen LogP contribution in [0, 0.1) is 6.92 Å². The van der Waals surface area contributed by atoms with Gasteiger partial charge in [-0.3, -0.25) is 0 Å². The van der Waals surface area contributed by atoms with Gasteiger partial charge in [0.2, 0.25) is 5.88 Å². The van der Waals surface area contributed by atoms with Crippen LogP contribution >= 0.6 is 0 Å². The van der Waals surface area contributed by atoms with Crippen molar-refractivity contribution in [1.29, 1.82) is 0 Å². The molecule has 102 valence electrons. The molecular weight excluding hydrogens is 252 g/mol. The first-order chi connectivity index (χ1) is 9.63. The summed E-state index contributed by atoms with van der Waals surface area (Å²) in [7, 11) is 0. The Bertz CT molecular complexity index is 748. The van der Waals surface area contributed by atoms with Gasteiger partial charge in [-0.15, -0.1) is 0 Å². The van der Waals surface area contributed by atoms with E-state index < -0.39 is 0 Å². The van der Waals surface area contributed by atoms with Gasteiger partial charge in [-0.05, 0) is 30.0 Å². The van der Waals surface area contributed by atoms with Gasteiger partial charge in [-0.25, -0.2) is 14.5 Å². The maximum atomic E-state index is 5.83. The number of rotatable bonds is 3. The Labute approximate surface area is 117 Å². The van der Waals surface area contributed by atoms with Gasteiger partial charge in [0.25, 0.3) is 0 Å². The number of nitrogens with zero attached hydrogens (tertiary/aromatic N) is 4. The zero-order chi connectivity index (χ0) is 14.1. The number of fused-ring (bicyclic) bond motifs is 1. The lowest BCUT2D eigenvalue weighted by Crippen LogP contribution is -1.95. The van der Waals surface area contributed by atoms with Crippen LogP contribution in [0.4, 0.5) is 0 Å². The number of aromatic nitrogens is 4. The molecule has 2 aromatic heterocycles. The first-order valence-corrected chi connectivity index (χ1v) is 6.57. The van der Waals surface area contributed by atoms with Crippen molar-refractivity contribution < 1.29 is 4.74 Å². The lowest BCUT2D eigenvalue weighted by Gasteiger charge is -2.11. The summed E-state index contributed by atoms with van der Waals surface area (Å²) >= 11 is 0. The standard InChI is InChI=1S/C15H16N4O/c1-10(2)12-4-5-13(11(3)6-12)20-15-7-14-16-8-18-19(14)9-17-15/h4-10H,1-3H3. The Hall–Kier alpha value is -2.43. The van der Waals surface area contributed by atoms with Gasteiger partial charge >= 0.3 is 0 Å². The third-order valence-electron chi connectivity index (χ3n) is 3.23. The van der Waals surface area contributed by atoms with Gasteiger partial charge in [-0.1, -0.05) is 26.0 Å². The third-order valence-corrected chi connectivity index (χ3v) is 3.23. The Balaban J connectivity index is 1.90. The topological polar surface area (TPSA) is 52.3 Å². The second-order valence-corrected chi connectivity index (χ2v) is 5.07. The van der Waals surface area contributed by atoms with Crippen molar-refractivity contribution in [1.82, 2.24) is 19.6 Å². The van der Waals surface area contributed by atoms with Crippen molar-refractivity contribution in [3.63, 3.8) is 0 Å². The number of ether oxygens (including phenoxy) is 1. The van der Waals surface area contributed by atoms with E-state index in [1.54, 1.807) is 16.9 Å². The normalized spacial score (nSPS) is 11.2. The van der Waals surface area contributed by atoms with E-state index in [1.807, 2.05) is 13.0 Å². The van der Waals surface area contributed by atoms with E-state index in [9.17, 15) is 0 Å². The molecule has 0 spiro atoms. The Morgan fingerprint density at radius 1 is 1.15 bits per heavy atom. The first-order valence-electron chi connectivity index (χ1n) is 6.57. The molecule has 0 fully saturated rings. The number of hydrogen-bond acceptors (Lipinski definition) is 4. The monoisotopic (exact) mass is 268 g/mol. The third kappa shape index (κ3) is 2.34. The average Bonchev–Trinajstić information content (AvgIpc) is 2.88. The van der Waals surface area contributed by atoms with E-state index in [4.69, 9.17) is 4.74 Å². The van der Waals surface area contributed by atoms with Crippen molar-refractivity contribution in [2.45, 2.75) is 26.7 Å². The highest BCUT2D eigenvalue weighted by Crippen LogP contribution is 2.27. The lowest BCUT2D eigenvalue weighted by atomic mass is 10.0. The summed E-state index contributed by atoms with van der Waals surface area (Å²) in [6.45, 7) is 6.39. The number of hydrogen-bond donors (Lipinski definition) is 0. The zero-order valence-electron chi connectivity index (χ0n) is 11.7. The van der Waals surface area contributed by atoms with Crippen LogP contribution in [-0.4, -0.2) is 19.6 Å². The molecule has 0 aliphatic rings. The zero-order valence-corrected chi connectivity index (χ0v) is 11.7. The molecule has 0 amide bonds. The maximum absolute atomic E-state index is 5.83. The fourth-order valence-electron chi connectivity index (χ4n) is 2.03. The van der Waals surface area contributed by atoms with Gasteiger partial charge in [0, 0.05) is 6.07 Å². The van der Waals surface area contributed by atoms with Crippen LogP contribution in [0.5, 0.6) is 11.6 Å². The van der Waals surface area contributed by atoms with Crippen molar-refractivity contribution in [3.8, 4) is 11.6 Å². The fraction of sp³-hybridized carbons (Fsp3) is 0.267. The predicted octanol–water partition coefficient (Wildman–Crippen LogP) is 3.35. The predicted molar refractivity (Wildman–Crippen MR) is 76.1 cm³/mol. The van der Waals surface area contributed by atoms with Crippen molar-refractivity contribution in [2.75, 3.05) is 0 Å². The van der Waals surface area contributed by atoms with Gasteiger partial charge < -0.3 is 4.74 Å². The fourth-order valence-corrected chi connectivity index (χ4v) is 2.03. The molecule has 5 nitrogen and oxygen atoms in total. The van der Waals surface area contributed by atoms with Crippen LogP contribution < -0.4 is 4.74 Å². The SMILES string of the molecule is Cc1cc(C(C)C)ccc1Oc1cc2ncnn2cn1. The summed E-state index contributed by atoms with van der Waals surface area (Å²) in [5.74, 6) is 1.84. The molecule has 1 aromatic carbocycles. The molecule has 0 saturated carbocycles. The summed E-state index contributed by atoms with van der Waals surface area (Å²) in [5.41, 5.74) is 3.11. The van der Waals surface area contributed by atoms with Crippen LogP contribution in [0.2, 0.25) is 0 Å². The van der Waals surface area contributed by atoms with Crippen LogP contribution in [-0.2, 0) is 0 Å². The van der Waals surface area contributed by atoms with Crippen molar-refractivity contribution in [3.05, 3.63) is 48.0 Å². The molecular formula is C15H16N4O.